The number of imide groups is 1. The van der Waals surface area contributed by atoms with Crippen LogP contribution in [0.5, 0.6) is 11.5 Å². The summed E-state index contributed by atoms with van der Waals surface area (Å²) in [6.07, 6.45) is 0. The van der Waals surface area contributed by atoms with Crippen LogP contribution in [0, 0.1) is 6.92 Å². The number of aryl methyl sites for hydroxylation is 1. The Morgan fingerprint density at radius 2 is 1.38 bits per heavy atom. The minimum atomic E-state index is -0.350. The van der Waals surface area contributed by atoms with Crippen molar-refractivity contribution < 1.29 is 14.3 Å². The highest BCUT2D eigenvalue weighted by atomic mass is 16.5. The van der Waals surface area contributed by atoms with Gasteiger partial charge in [0.15, 0.2) is 0 Å². The summed E-state index contributed by atoms with van der Waals surface area (Å²) in [5.41, 5.74) is 8.63. The SMILES string of the molecule is Cc1ccc(N2C(=O)c3ccc(Oc4ccc(N)cc4)cc3C2=O)cc1. The third kappa shape index (κ3) is 2.69. The Morgan fingerprint density at radius 3 is 2.08 bits per heavy atom. The lowest BCUT2D eigenvalue weighted by Gasteiger charge is -2.13. The molecule has 3 aromatic carbocycles. The van der Waals surface area contributed by atoms with Gasteiger partial charge >= 0.3 is 0 Å². The number of nitrogen functional groups attached to an aromatic ring is 1. The maximum absolute atomic E-state index is 12.8. The number of fused-ring (bicyclic) bond motifs is 1. The highest BCUT2D eigenvalue weighted by Gasteiger charge is 2.36. The molecule has 0 fully saturated rings. The second-order valence-corrected chi connectivity index (χ2v) is 6.16. The van der Waals surface area contributed by atoms with E-state index >= 15 is 0 Å². The lowest BCUT2D eigenvalue weighted by Crippen LogP contribution is -2.29. The van der Waals surface area contributed by atoms with E-state index in [1.807, 2.05) is 19.1 Å². The number of anilines is 2. The lowest BCUT2D eigenvalue weighted by molar-refractivity contribution is 0.0926. The van der Waals surface area contributed by atoms with Crippen molar-refractivity contribution in [2.75, 3.05) is 10.6 Å². The van der Waals surface area contributed by atoms with Gasteiger partial charge in [-0.05, 0) is 61.5 Å². The average molecular weight is 344 g/mol. The first-order valence-electron chi connectivity index (χ1n) is 8.16. The number of hydrogen-bond acceptors (Lipinski definition) is 4. The molecule has 0 radical (unpaired) electrons. The summed E-state index contributed by atoms with van der Waals surface area (Å²) >= 11 is 0. The molecular weight excluding hydrogens is 328 g/mol. The van der Waals surface area contributed by atoms with Crippen molar-refractivity contribution in [3.05, 3.63) is 83.4 Å². The van der Waals surface area contributed by atoms with Crippen LogP contribution in [-0.2, 0) is 0 Å². The second-order valence-electron chi connectivity index (χ2n) is 6.16. The molecule has 0 spiro atoms. The predicted molar refractivity (Wildman–Crippen MR) is 99.7 cm³/mol. The van der Waals surface area contributed by atoms with Gasteiger partial charge in [0, 0.05) is 5.69 Å². The van der Waals surface area contributed by atoms with Crippen LogP contribution in [0.15, 0.2) is 66.7 Å². The first-order chi connectivity index (χ1) is 12.5. The quantitative estimate of drug-likeness (QED) is 0.572. The summed E-state index contributed by atoms with van der Waals surface area (Å²) in [7, 11) is 0. The van der Waals surface area contributed by atoms with E-state index in [-0.39, 0.29) is 11.8 Å². The van der Waals surface area contributed by atoms with Crippen LogP contribution in [0.2, 0.25) is 0 Å². The standard InChI is InChI=1S/C21H16N2O3/c1-13-2-6-15(7-3-13)23-20(24)18-11-10-17(12-19(18)21(23)25)26-16-8-4-14(22)5-9-16/h2-12H,22H2,1H3. The second kappa shape index (κ2) is 6.04. The van der Waals surface area contributed by atoms with E-state index in [1.54, 1.807) is 54.6 Å². The average Bonchev–Trinajstić information content (AvgIpc) is 2.89. The molecule has 1 aliphatic rings. The minimum absolute atomic E-state index is 0.326. The number of hydrogen-bond donors (Lipinski definition) is 1. The van der Waals surface area contributed by atoms with Crippen molar-refractivity contribution in [2.24, 2.45) is 0 Å². The zero-order chi connectivity index (χ0) is 18.3. The molecule has 0 aliphatic carbocycles. The summed E-state index contributed by atoms with van der Waals surface area (Å²) in [5, 5.41) is 0. The molecule has 4 rings (SSSR count). The van der Waals surface area contributed by atoms with Gasteiger partial charge in [-0.3, -0.25) is 9.59 Å². The summed E-state index contributed by atoms with van der Waals surface area (Å²) in [4.78, 5) is 26.6. The Labute approximate surface area is 150 Å². The monoisotopic (exact) mass is 344 g/mol. The van der Waals surface area contributed by atoms with Gasteiger partial charge in [-0.1, -0.05) is 17.7 Å². The highest BCUT2D eigenvalue weighted by Crippen LogP contribution is 2.32. The van der Waals surface area contributed by atoms with Crippen molar-refractivity contribution in [3.8, 4) is 11.5 Å². The Hall–Kier alpha value is -3.60. The molecule has 5 heteroatoms. The first kappa shape index (κ1) is 15.9. The van der Waals surface area contributed by atoms with Crippen LogP contribution in [-0.4, -0.2) is 11.8 Å². The van der Waals surface area contributed by atoms with Gasteiger partial charge in [0.1, 0.15) is 11.5 Å². The molecule has 0 bridgehead atoms. The van der Waals surface area contributed by atoms with Crippen LogP contribution in [0.4, 0.5) is 11.4 Å². The number of ether oxygens (including phenoxy) is 1. The molecule has 2 amide bonds. The molecule has 0 unspecified atom stereocenters. The number of rotatable bonds is 3. The molecule has 0 saturated carbocycles. The summed E-state index contributed by atoms with van der Waals surface area (Å²) in [6.45, 7) is 1.95. The maximum Gasteiger partial charge on any atom is 0.266 e. The Balaban J connectivity index is 1.65. The minimum Gasteiger partial charge on any atom is -0.457 e. The number of carbonyl (C=O) groups excluding carboxylic acids is 2. The third-order valence-corrected chi connectivity index (χ3v) is 4.27. The van der Waals surface area contributed by atoms with Crippen LogP contribution in [0.1, 0.15) is 26.3 Å². The van der Waals surface area contributed by atoms with Gasteiger partial charge in [-0.25, -0.2) is 4.90 Å². The van der Waals surface area contributed by atoms with E-state index < -0.39 is 0 Å². The normalized spacial score (nSPS) is 13.0. The van der Waals surface area contributed by atoms with Gasteiger partial charge in [-0.15, -0.1) is 0 Å². The Kier molecular flexibility index (Phi) is 3.69. The zero-order valence-corrected chi connectivity index (χ0v) is 14.1. The van der Waals surface area contributed by atoms with E-state index in [0.717, 1.165) is 5.56 Å². The zero-order valence-electron chi connectivity index (χ0n) is 14.1. The number of carbonyl (C=O) groups is 2. The fourth-order valence-electron chi connectivity index (χ4n) is 2.88. The van der Waals surface area contributed by atoms with Crippen LogP contribution < -0.4 is 15.4 Å². The molecule has 0 saturated heterocycles. The van der Waals surface area contributed by atoms with E-state index in [1.165, 1.54) is 4.90 Å². The van der Waals surface area contributed by atoms with E-state index in [9.17, 15) is 9.59 Å². The number of benzene rings is 3. The molecule has 1 heterocycles. The van der Waals surface area contributed by atoms with Gasteiger partial charge in [-0.2, -0.15) is 0 Å². The van der Waals surface area contributed by atoms with Gasteiger partial charge < -0.3 is 10.5 Å². The van der Waals surface area contributed by atoms with E-state index in [0.29, 0.717) is 34.0 Å². The van der Waals surface area contributed by atoms with Crippen LogP contribution >= 0.6 is 0 Å². The molecule has 1 aliphatic heterocycles. The summed E-state index contributed by atoms with van der Waals surface area (Å²) in [5.74, 6) is 0.413. The fraction of sp³-hybridized carbons (Fsp3) is 0.0476. The third-order valence-electron chi connectivity index (χ3n) is 4.27. The number of nitrogens with zero attached hydrogens (tertiary/aromatic N) is 1. The fourth-order valence-corrected chi connectivity index (χ4v) is 2.88. The van der Waals surface area contributed by atoms with Crippen molar-refractivity contribution in [3.63, 3.8) is 0 Å². The van der Waals surface area contributed by atoms with Crippen molar-refractivity contribution >= 4 is 23.2 Å². The van der Waals surface area contributed by atoms with Crippen molar-refractivity contribution in [1.82, 2.24) is 0 Å². The Morgan fingerprint density at radius 1 is 0.769 bits per heavy atom. The van der Waals surface area contributed by atoms with Crippen LogP contribution in [0.3, 0.4) is 0 Å². The summed E-state index contributed by atoms with van der Waals surface area (Å²) in [6, 6.07) is 19.1. The predicted octanol–water partition coefficient (Wildman–Crippen LogP) is 4.17. The number of amides is 2. The maximum atomic E-state index is 12.8. The summed E-state index contributed by atoms with van der Waals surface area (Å²) < 4.78 is 5.76. The van der Waals surface area contributed by atoms with Gasteiger partial charge in [0.25, 0.3) is 11.8 Å². The molecule has 0 aromatic heterocycles. The smallest absolute Gasteiger partial charge is 0.266 e. The van der Waals surface area contributed by atoms with Crippen molar-refractivity contribution in [2.45, 2.75) is 6.92 Å². The molecule has 0 atom stereocenters. The van der Waals surface area contributed by atoms with E-state index in [4.69, 9.17) is 10.5 Å². The van der Waals surface area contributed by atoms with E-state index in [2.05, 4.69) is 0 Å². The molecule has 128 valence electrons. The van der Waals surface area contributed by atoms with Gasteiger partial charge in [0.2, 0.25) is 0 Å². The van der Waals surface area contributed by atoms with Crippen LogP contribution in [0.25, 0.3) is 0 Å². The Bertz CT molecular complexity index is 1010. The topological polar surface area (TPSA) is 72.6 Å². The van der Waals surface area contributed by atoms with Crippen molar-refractivity contribution in [1.29, 1.82) is 0 Å². The van der Waals surface area contributed by atoms with Gasteiger partial charge in [0.05, 0.1) is 16.8 Å². The first-order valence-corrected chi connectivity index (χ1v) is 8.16. The largest absolute Gasteiger partial charge is 0.457 e. The molecule has 26 heavy (non-hydrogen) atoms. The highest BCUT2D eigenvalue weighted by molar-refractivity contribution is 6.34. The molecular formula is C21H16N2O3. The lowest BCUT2D eigenvalue weighted by atomic mass is 10.1. The molecule has 5 nitrogen and oxygen atoms in total. The molecule has 2 N–H and O–H groups in total. The molecule has 3 aromatic rings. The number of nitrogens with two attached hydrogens (primary N) is 1.